The Morgan fingerprint density at radius 3 is 2.13 bits per heavy atom. The molecule has 2 amide bonds. The summed E-state index contributed by atoms with van der Waals surface area (Å²) in [6.45, 7) is 1.77. The van der Waals surface area contributed by atoms with Gasteiger partial charge in [0.05, 0.1) is 18.2 Å². The number of amides is 2. The van der Waals surface area contributed by atoms with Crippen LogP contribution in [0.15, 0.2) is 42.5 Å². The lowest BCUT2D eigenvalue weighted by Crippen LogP contribution is -2.30. The van der Waals surface area contributed by atoms with Crippen molar-refractivity contribution in [2.45, 2.75) is 6.92 Å². The minimum absolute atomic E-state index is 0.00938. The molecular formula is C17H15NO5. The van der Waals surface area contributed by atoms with Crippen LogP contribution in [0.4, 0.5) is 0 Å². The topological polar surface area (TPSA) is 92.7 Å². The number of aromatic hydroxyl groups is 1. The van der Waals surface area contributed by atoms with Crippen molar-refractivity contribution >= 4 is 17.8 Å². The second-order valence-corrected chi connectivity index (χ2v) is 4.87. The van der Waals surface area contributed by atoms with E-state index in [1.54, 1.807) is 13.0 Å². The van der Waals surface area contributed by atoms with Crippen LogP contribution in [0.1, 0.15) is 36.6 Å². The van der Waals surface area contributed by atoms with Gasteiger partial charge in [0.15, 0.2) is 0 Å². The third-order valence-electron chi connectivity index (χ3n) is 3.19. The van der Waals surface area contributed by atoms with Gasteiger partial charge in [0, 0.05) is 5.56 Å². The Bertz CT molecular complexity index is 765. The zero-order valence-corrected chi connectivity index (χ0v) is 12.6. The number of hydrogen-bond acceptors (Lipinski definition) is 5. The quantitative estimate of drug-likeness (QED) is 0.668. The Morgan fingerprint density at radius 2 is 1.57 bits per heavy atom. The van der Waals surface area contributed by atoms with Gasteiger partial charge < -0.3 is 9.84 Å². The summed E-state index contributed by atoms with van der Waals surface area (Å²) < 4.78 is 4.56. The molecule has 0 aliphatic rings. The first kappa shape index (κ1) is 16.2. The number of phenols is 1. The number of methoxy groups -OCH3 is 1. The first-order valence-electron chi connectivity index (χ1n) is 6.76. The summed E-state index contributed by atoms with van der Waals surface area (Å²) in [5.41, 5.74) is 1.31. The van der Waals surface area contributed by atoms with Gasteiger partial charge in [0.25, 0.3) is 11.8 Å². The molecule has 6 heteroatoms. The monoisotopic (exact) mass is 313 g/mol. The first-order chi connectivity index (χ1) is 10.9. The van der Waals surface area contributed by atoms with Crippen molar-refractivity contribution in [2.75, 3.05) is 7.11 Å². The van der Waals surface area contributed by atoms with Crippen molar-refractivity contribution in [1.29, 1.82) is 0 Å². The Labute approximate surface area is 132 Å². The van der Waals surface area contributed by atoms with E-state index in [1.165, 1.54) is 43.5 Å². The molecule has 0 heterocycles. The molecule has 0 bridgehead atoms. The number of ether oxygens (including phenoxy) is 1. The molecule has 0 aromatic heterocycles. The van der Waals surface area contributed by atoms with E-state index in [2.05, 4.69) is 10.1 Å². The van der Waals surface area contributed by atoms with Crippen molar-refractivity contribution in [3.8, 4) is 5.75 Å². The molecule has 0 saturated heterocycles. The molecule has 118 valence electrons. The molecule has 2 aromatic rings. The lowest BCUT2D eigenvalue weighted by atomic mass is 10.1. The summed E-state index contributed by atoms with van der Waals surface area (Å²) in [6, 6.07) is 10.2. The number of rotatable bonds is 3. The van der Waals surface area contributed by atoms with Crippen LogP contribution in [-0.4, -0.2) is 30.0 Å². The van der Waals surface area contributed by atoms with E-state index in [-0.39, 0.29) is 16.9 Å². The first-order valence-corrected chi connectivity index (χ1v) is 6.76. The summed E-state index contributed by atoms with van der Waals surface area (Å²) in [7, 11) is 1.26. The average Bonchev–Trinajstić information content (AvgIpc) is 2.54. The van der Waals surface area contributed by atoms with Crippen LogP contribution in [0, 0.1) is 6.92 Å². The van der Waals surface area contributed by atoms with Crippen molar-refractivity contribution in [3.63, 3.8) is 0 Å². The van der Waals surface area contributed by atoms with Crippen LogP contribution in [-0.2, 0) is 4.74 Å². The van der Waals surface area contributed by atoms with Crippen molar-refractivity contribution in [3.05, 3.63) is 64.7 Å². The maximum absolute atomic E-state index is 12.0. The highest BCUT2D eigenvalue weighted by Crippen LogP contribution is 2.18. The lowest BCUT2D eigenvalue weighted by Gasteiger charge is -2.07. The van der Waals surface area contributed by atoms with Gasteiger partial charge in [-0.25, -0.2) is 4.79 Å². The van der Waals surface area contributed by atoms with Crippen molar-refractivity contribution in [1.82, 2.24) is 5.32 Å². The molecule has 2 N–H and O–H groups in total. The number of phenolic OH excluding ortho intramolecular Hbond substituents is 1. The highest BCUT2D eigenvalue weighted by atomic mass is 16.5. The number of imide groups is 1. The van der Waals surface area contributed by atoms with Crippen molar-refractivity contribution in [2.24, 2.45) is 0 Å². The van der Waals surface area contributed by atoms with Gasteiger partial charge in [0.2, 0.25) is 0 Å². The van der Waals surface area contributed by atoms with E-state index in [0.717, 1.165) is 5.56 Å². The Kier molecular flexibility index (Phi) is 4.75. The predicted molar refractivity (Wildman–Crippen MR) is 82.4 cm³/mol. The molecular weight excluding hydrogens is 298 g/mol. The zero-order chi connectivity index (χ0) is 17.0. The molecule has 2 rings (SSSR count). The van der Waals surface area contributed by atoms with Gasteiger partial charge in [-0.1, -0.05) is 6.07 Å². The standard InChI is InChI=1S/C17H15NO5/c1-10-3-8-13(14(19)9-10)16(21)18-15(20)11-4-6-12(7-5-11)17(22)23-2/h3-9,19H,1-2H3,(H,18,20,21). The molecule has 0 unspecified atom stereocenters. The van der Waals surface area contributed by atoms with Crippen LogP contribution in [0.25, 0.3) is 0 Å². The highest BCUT2D eigenvalue weighted by molar-refractivity contribution is 6.11. The second-order valence-electron chi connectivity index (χ2n) is 4.87. The van der Waals surface area contributed by atoms with E-state index >= 15 is 0 Å². The van der Waals surface area contributed by atoms with Crippen LogP contribution in [0.2, 0.25) is 0 Å². The smallest absolute Gasteiger partial charge is 0.337 e. The minimum atomic E-state index is -0.704. The molecule has 0 atom stereocenters. The fourth-order valence-electron chi connectivity index (χ4n) is 1.95. The largest absolute Gasteiger partial charge is 0.507 e. The number of hydrogen-bond donors (Lipinski definition) is 2. The van der Waals surface area contributed by atoms with Gasteiger partial charge in [-0.3, -0.25) is 14.9 Å². The fraction of sp³-hybridized carbons (Fsp3) is 0.118. The Balaban J connectivity index is 2.12. The number of carbonyl (C=O) groups excluding carboxylic acids is 3. The lowest BCUT2D eigenvalue weighted by molar-refractivity contribution is 0.0600. The summed E-state index contributed by atoms with van der Waals surface area (Å²) in [4.78, 5) is 35.4. The molecule has 0 radical (unpaired) electrons. The van der Waals surface area contributed by atoms with Gasteiger partial charge in [-0.05, 0) is 48.9 Å². The Hall–Kier alpha value is -3.15. The van der Waals surface area contributed by atoms with Crippen LogP contribution >= 0.6 is 0 Å². The predicted octanol–water partition coefficient (Wildman–Crippen LogP) is 2.06. The van der Waals surface area contributed by atoms with E-state index in [0.29, 0.717) is 5.56 Å². The molecule has 0 aliphatic carbocycles. The fourth-order valence-corrected chi connectivity index (χ4v) is 1.95. The Morgan fingerprint density at radius 1 is 0.957 bits per heavy atom. The van der Waals surface area contributed by atoms with E-state index in [1.807, 2.05) is 0 Å². The van der Waals surface area contributed by atoms with Gasteiger partial charge in [-0.15, -0.1) is 0 Å². The summed E-state index contributed by atoms with van der Waals surface area (Å²) >= 11 is 0. The molecule has 2 aromatic carbocycles. The number of carbonyl (C=O) groups is 3. The third-order valence-corrected chi connectivity index (χ3v) is 3.19. The van der Waals surface area contributed by atoms with E-state index in [9.17, 15) is 19.5 Å². The molecule has 0 spiro atoms. The van der Waals surface area contributed by atoms with Crippen LogP contribution in [0.5, 0.6) is 5.75 Å². The number of aryl methyl sites for hydroxylation is 1. The third kappa shape index (κ3) is 3.74. The van der Waals surface area contributed by atoms with Crippen molar-refractivity contribution < 1.29 is 24.2 Å². The molecule has 23 heavy (non-hydrogen) atoms. The van der Waals surface area contributed by atoms with Crippen LogP contribution in [0.3, 0.4) is 0 Å². The SMILES string of the molecule is COC(=O)c1ccc(C(=O)NC(=O)c2ccc(C)cc2O)cc1. The van der Waals surface area contributed by atoms with E-state index in [4.69, 9.17) is 0 Å². The summed E-state index contributed by atoms with van der Waals surface area (Å²) in [5.74, 6) is -2.05. The molecule has 6 nitrogen and oxygen atoms in total. The average molecular weight is 313 g/mol. The number of benzene rings is 2. The number of esters is 1. The summed E-state index contributed by atoms with van der Waals surface area (Å²) in [6.07, 6.45) is 0. The highest BCUT2D eigenvalue weighted by Gasteiger charge is 2.16. The normalized spacial score (nSPS) is 10.0. The van der Waals surface area contributed by atoms with Gasteiger partial charge in [0.1, 0.15) is 5.75 Å². The van der Waals surface area contributed by atoms with Crippen LogP contribution < -0.4 is 5.32 Å². The molecule has 0 saturated carbocycles. The maximum atomic E-state index is 12.0. The van der Waals surface area contributed by atoms with Gasteiger partial charge >= 0.3 is 5.97 Å². The number of nitrogens with one attached hydrogen (secondary N) is 1. The maximum Gasteiger partial charge on any atom is 0.337 e. The second kappa shape index (κ2) is 6.74. The van der Waals surface area contributed by atoms with Gasteiger partial charge in [-0.2, -0.15) is 0 Å². The minimum Gasteiger partial charge on any atom is -0.507 e. The zero-order valence-electron chi connectivity index (χ0n) is 12.6. The van der Waals surface area contributed by atoms with E-state index < -0.39 is 17.8 Å². The molecule has 0 aliphatic heterocycles. The summed E-state index contributed by atoms with van der Waals surface area (Å²) in [5, 5.41) is 11.9. The molecule has 0 fully saturated rings.